The van der Waals surface area contributed by atoms with Gasteiger partial charge in [-0.05, 0) is 34.7 Å². The quantitative estimate of drug-likeness (QED) is 0.897. The molecule has 2 aromatic carbocycles. The second kappa shape index (κ2) is 5.65. The molecule has 0 aliphatic rings. The Bertz CT molecular complexity index is 576. The Morgan fingerprint density at radius 1 is 1.16 bits per heavy atom. The molecule has 1 unspecified atom stereocenters. The Kier molecular flexibility index (Phi) is 3.95. The van der Waals surface area contributed by atoms with E-state index in [2.05, 4.69) is 0 Å². The number of carboxylic acid groups (broad SMARTS) is 1. The van der Waals surface area contributed by atoms with Crippen LogP contribution in [0.15, 0.2) is 48.5 Å². The van der Waals surface area contributed by atoms with Gasteiger partial charge in [0.25, 0.3) is 0 Å². The molecule has 0 saturated heterocycles. The monoisotopic (exact) mass is 258 g/mol. The van der Waals surface area contributed by atoms with Crippen molar-refractivity contribution < 1.29 is 14.3 Å². The number of benzene rings is 2. The third kappa shape index (κ3) is 3.41. The summed E-state index contributed by atoms with van der Waals surface area (Å²) in [7, 11) is 0. The number of carbonyl (C=O) groups is 1. The molecule has 0 saturated carbocycles. The summed E-state index contributed by atoms with van der Waals surface area (Å²) in [5.41, 5.74) is 2.71. The first-order valence-electron chi connectivity index (χ1n) is 6.14. The number of halogens is 1. The lowest BCUT2D eigenvalue weighted by Gasteiger charge is -2.10. The zero-order chi connectivity index (χ0) is 13.8. The van der Waals surface area contributed by atoms with Crippen LogP contribution in [-0.2, 0) is 4.79 Å². The highest BCUT2D eigenvalue weighted by Crippen LogP contribution is 2.24. The molecular weight excluding hydrogens is 243 g/mol. The molecule has 0 radical (unpaired) electrons. The number of aliphatic carboxylic acids is 1. The SMILES string of the molecule is CC(CC(=O)O)c1ccc(-c2cccc(F)c2)cc1. The molecule has 2 aromatic rings. The van der Waals surface area contributed by atoms with E-state index in [-0.39, 0.29) is 18.2 Å². The molecule has 0 aromatic heterocycles. The molecule has 1 N–H and O–H groups in total. The van der Waals surface area contributed by atoms with Crippen LogP contribution in [-0.4, -0.2) is 11.1 Å². The first-order valence-corrected chi connectivity index (χ1v) is 6.14. The maximum absolute atomic E-state index is 13.1. The van der Waals surface area contributed by atoms with E-state index in [9.17, 15) is 9.18 Å². The lowest BCUT2D eigenvalue weighted by atomic mass is 9.95. The average Bonchev–Trinajstić information content (AvgIpc) is 2.38. The van der Waals surface area contributed by atoms with Crippen LogP contribution >= 0.6 is 0 Å². The Morgan fingerprint density at radius 2 is 1.84 bits per heavy atom. The van der Waals surface area contributed by atoms with Crippen LogP contribution in [0.2, 0.25) is 0 Å². The molecule has 98 valence electrons. The van der Waals surface area contributed by atoms with Gasteiger partial charge in [0.1, 0.15) is 5.82 Å². The van der Waals surface area contributed by atoms with Crippen LogP contribution in [0.3, 0.4) is 0 Å². The van der Waals surface area contributed by atoms with Crippen molar-refractivity contribution in [3.8, 4) is 11.1 Å². The first kappa shape index (κ1) is 13.3. The van der Waals surface area contributed by atoms with E-state index in [4.69, 9.17) is 5.11 Å². The average molecular weight is 258 g/mol. The Balaban J connectivity index is 2.21. The molecule has 19 heavy (non-hydrogen) atoms. The van der Waals surface area contributed by atoms with E-state index in [0.717, 1.165) is 16.7 Å². The van der Waals surface area contributed by atoms with Crippen molar-refractivity contribution in [2.45, 2.75) is 19.3 Å². The van der Waals surface area contributed by atoms with Gasteiger partial charge in [0.05, 0.1) is 6.42 Å². The fourth-order valence-electron chi connectivity index (χ4n) is 2.05. The minimum Gasteiger partial charge on any atom is -0.481 e. The molecule has 3 heteroatoms. The Labute approximate surface area is 111 Å². The van der Waals surface area contributed by atoms with Gasteiger partial charge in [-0.1, -0.05) is 43.3 Å². The summed E-state index contributed by atoms with van der Waals surface area (Å²) in [6.07, 6.45) is 0.110. The smallest absolute Gasteiger partial charge is 0.303 e. The normalized spacial score (nSPS) is 12.1. The van der Waals surface area contributed by atoms with Crippen molar-refractivity contribution >= 4 is 5.97 Å². The van der Waals surface area contributed by atoms with E-state index < -0.39 is 5.97 Å². The highest BCUT2D eigenvalue weighted by molar-refractivity contribution is 5.68. The summed E-state index contributed by atoms with van der Waals surface area (Å²) in [4.78, 5) is 10.7. The second-order valence-electron chi connectivity index (χ2n) is 4.63. The van der Waals surface area contributed by atoms with Gasteiger partial charge >= 0.3 is 5.97 Å². The Hall–Kier alpha value is -2.16. The van der Waals surface area contributed by atoms with Crippen molar-refractivity contribution in [2.24, 2.45) is 0 Å². The van der Waals surface area contributed by atoms with Crippen molar-refractivity contribution in [1.82, 2.24) is 0 Å². The molecule has 2 nitrogen and oxygen atoms in total. The maximum Gasteiger partial charge on any atom is 0.303 e. The molecule has 0 aliphatic heterocycles. The van der Waals surface area contributed by atoms with Crippen molar-refractivity contribution in [3.63, 3.8) is 0 Å². The second-order valence-corrected chi connectivity index (χ2v) is 4.63. The third-order valence-corrected chi connectivity index (χ3v) is 3.12. The number of carboxylic acids is 1. The highest BCUT2D eigenvalue weighted by atomic mass is 19.1. The van der Waals surface area contributed by atoms with Gasteiger partial charge < -0.3 is 5.11 Å². The van der Waals surface area contributed by atoms with Crippen LogP contribution in [0.5, 0.6) is 0 Å². The minimum atomic E-state index is -0.804. The fourth-order valence-corrected chi connectivity index (χ4v) is 2.05. The largest absolute Gasteiger partial charge is 0.481 e. The van der Waals surface area contributed by atoms with Gasteiger partial charge in [0.15, 0.2) is 0 Å². The summed E-state index contributed by atoms with van der Waals surface area (Å²) in [5, 5.41) is 8.77. The van der Waals surface area contributed by atoms with Gasteiger partial charge in [0, 0.05) is 0 Å². The predicted octanol–water partition coefficient (Wildman–Crippen LogP) is 4.07. The number of hydrogen-bond acceptors (Lipinski definition) is 1. The molecule has 2 rings (SSSR count). The number of rotatable bonds is 4. The van der Waals surface area contributed by atoms with E-state index in [1.54, 1.807) is 6.07 Å². The molecule has 0 bridgehead atoms. The van der Waals surface area contributed by atoms with Crippen LogP contribution < -0.4 is 0 Å². The van der Waals surface area contributed by atoms with E-state index in [0.29, 0.717) is 0 Å². The van der Waals surface area contributed by atoms with Crippen LogP contribution in [0, 0.1) is 5.82 Å². The summed E-state index contributed by atoms with van der Waals surface area (Å²) in [6.45, 7) is 1.88. The molecule has 0 aliphatic carbocycles. The van der Waals surface area contributed by atoms with Gasteiger partial charge in [-0.15, -0.1) is 0 Å². The molecular formula is C16H15FO2. The summed E-state index contributed by atoms with van der Waals surface area (Å²) < 4.78 is 13.1. The maximum atomic E-state index is 13.1. The molecule has 0 fully saturated rings. The number of hydrogen-bond donors (Lipinski definition) is 1. The van der Waals surface area contributed by atoms with Crippen molar-refractivity contribution in [2.75, 3.05) is 0 Å². The van der Waals surface area contributed by atoms with Gasteiger partial charge in [-0.2, -0.15) is 0 Å². The Morgan fingerprint density at radius 3 is 2.42 bits per heavy atom. The topological polar surface area (TPSA) is 37.3 Å². The molecule has 1 atom stereocenters. The third-order valence-electron chi connectivity index (χ3n) is 3.12. The van der Waals surface area contributed by atoms with Crippen LogP contribution in [0.1, 0.15) is 24.8 Å². The van der Waals surface area contributed by atoms with Gasteiger partial charge in [0.2, 0.25) is 0 Å². The summed E-state index contributed by atoms with van der Waals surface area (Å²) >= 11 is 0. The first-order chi connectivity index (χ1) is 9.06. The van der Waals surface area contributed by atoms with Crippen molar-refractivity contribution in [1.29, 1.82) is 0 Å². The highest BCUT2D eigenvalue weighted by Gasteiger charge is 2.10. The van der Waals surface area contributed by atoms with Crippen LogP contribution in [0.4, 0.5) is 4.39 Å². The van der Waals surface area contributed by atoms with Crippen molar-refractivity contribution in [3.05, 3.63) is 59.9 Å². The van der Waals surface area contributed by atoms with E-state index >= 15 is 0 Å². The van der Waals surface area contributed by atoms with Gasteiger partial charge in [-0.3, -0.25) is 4.79 Å². The lowest BCUT2D eigenvalue weighted by Crippen LogP contribution is -2.02. The zero-order valence-corrected chi connectivity index (χ0v) is 10.6. The fraction of sp³-hybridized carbons (Fsp3) is 0.188. The minimum absolute atomic E-state index is 0.0286. The standard InChI is InChI=1S/C16H15FO2/c1-11(9-16(18)19)12-5-7-13(8-6-12)14-3-2-4-15(17)10-14/h2-8,10-11H,9H2,1H3,(H,18,19). The molecule has 0 amide bonds. The zero-order valence-electron chi connectivity index (χ0n) is 10.6. The van der Waals surface area contributed by atoms with Gasteiger partial charge in [-0.25, -0.2) is 4.39 Å². The molecule has 0 spiro atoms. The van der Waals surface area contributed by atoms with E-state index in [1.807, 2.05) is 37.3 Å². The summed E-state index contributed by atoms with van der Waals surface area (Å²) in [5.74, 6) is -1.10. The van der Waals surface area contributed by atoms with E-state index in [1.165, 1.54) is 12.1 Å². The lowest BCUT2D eigenvalue weighted by molar-refractivity contribution is -0.137. The predicted molar refractivity (Wildman–Crippen MR) is 72.5 cm³/mol. The van der Waals surface area contributed by atoms with Crippen LogP contribution in [0.25, 0.3) is 11.1 Å². The summed E-state index contributed by atoms with van der Waals surface area (Å²) in [6, 6.07) is 14.0. The molecule has 0 heterocycles.